The van der Waals surface area contributed by atoms with E-state index in [-0.39, 0.29) is 11.3 Å². The number of hydrogen-bond donors (Lipinski definition) is 1. The van der Waals surface area contributed by atoms with Gasteiger partial charge in [-0.1, -0.05) is 68.4 Å². The van der Waals surface area contributed by atoms with Gasteiger partial charge in [-0.3, -0.25) is 4.79 Å². The Morgan fingerprint density at radius 2 is 1.84 bits per heavy atom. The van der Waals surface area contributed by atoms with Crippen LogP contribution in [0.1, 0.15) is 59.3 Å². The molecule has 1 aliphatic carbocycles. The standard InChI is InChI=1S/C31H32N2O2S2/c1-20-10-14-24(15-11-20)36-27-17-13-23(35-27)19-32-30-28(29(34)33-22-8-6-5-7-9-22)25-16-12-21(31(2,3)4)18-26(25)37-30/h5-11,13-15,17,19,21H,12,16,18H2,1-4H3,(H,33,34)/t21-/m0/s1. The molecule has 4 nitrogen and oxygen atoms in total. The zero-order valence-corrected chi connectivity index (χ0v) is 23.3. The van der Waals surface area contributed by atoms with Crippen molar-refractivity contribution in [2.45, 2.75) is 56.9 Å². The third-order valence-corrected chi connectivity index (χ3v) is 8.97. The Labute approximate surface area is 227 Å². The normalized spacial score (nSPS) is 15.6. The first-order chi connectivity index (χ1) is 17.8. The van der Waals surface area contributed by atoms with E-state index in [9.17, 15) is 4.79 Å². The van der Waals surface area contributed by atoms with E-state index in [4.69, 9.17) is 9.41 Å². The largest absolute Gasteiger partial charge is 0.449 e. The molecular weight excluding hydrogens is 496 g/mol. The van der Waals surface area contributed by atoms with Gasteiger partial charge in [0.1, 0.15) is 10.8 Å². The first-order valence-electron chi connectivity index (χ1n) is 12.7. The average molecular weight is 529 g/mol. The maximum atomic E-state index is 13.5. The molecule has 1 amide bonds. The number of aliphatic imine (C=N–C) groups is 1. The van der Waals surface area contributed by atoms with Gasteiger partial charge in [-0.2, -0.15) is 0 Å². The van der Waals surface area contributed by atoms with Crippen molar-refractivity contribution in [1.82, 2.24) is 0 Å². The predicted octanol–water partition coefficient (Wildman–Crippen LogP) is 8.95. The number of aryl methyl sites for hydroxylation is 1. The lowest BCUT2D eigenvalue weighted by Crippen LogP contribution is -2.27. The number of anilines is 1. The fraction of sp³-hybridized carbons (Fsp3) is 0.290. The molecule has 190 valence electrons. The molecule has 6 heteroatoms. The summed E-state index contributed by atoms with van der Waals surface area (Å²) in [6.45, 7) is 9.00. The summed E-state index contributed by atoms with van der Waals surface area (Å²) in [6.07, 6.45) is 4.71. The number of hydrogen-bond acceptors (Lipinski definition) is 5. The number of rotatable bonds is 6. The van der Waals surface area contributed by atoms with Crippen LogP contribution in [0.4, 0.5) is 10.7 Å². The molecule has 1 aliphatic rings. The molecule has 37 heavy (non-hydrogen) atoms. The Hall–Kier alpha value is -3.09. The van der Waals surface area contributed by atoms with Crippen molar-refractivity contribution in [3.63, 3.8) is 0 Å². The number of amides is 1. The molecule has 0 saturated carbocycles. The molecule has 1 atom stereocenters. The second-order valence-corrected chi connectivity index (χ2v) is 12.8. The molecule has 2 aromatic carbocycles. The minimum absolute atomic E-state index is 0.0971. The number of thiophene rings is 1. The van der Waals surface area contributed by atoms with E-state index in [0.717, 1.165) is 45.5 Å². The summed E-state index contributed by atoms with van der Waals surface area (Å²) < 4.78 is 6.02. The fourth-order valence-electron chi connectivity index (χ4n) is 4.65. The van der Waals surface area contributed by atoms with Gasteiger partial charge in [0, 0.05) is 15.5 Å². The molecule has 0 aliphatic heterocycles. The lowest BCUT2D eigenvalue weighted by molar-refractivity contribution is 0.102. The second kappa shape index (κ2) is 10.7. The number of fused-ring (bicyclic) bond motifs is 1. The number of nitrogens with one attached hydrogen (secondary N) is 1. The van der Waals surface area contributed by atoms with E-state index < -0.39 is 0 Å². The van der Waals surface area contributed by atoms with Gasteiger partial charge < -0.3 is 9.73 Å². The van der Waals surface area contributed by atoms with Gasteiger partial charge in [-0.25, -0.2) is 4.99 Å². The molecule has 0 fully saturated rings. The van der Waals surface area contributed by atoms with Crippen molar-refractivity contribution < 1.29 is 9.21 Å². The lowest BCUT2D eigenvalue weighted by atomic mass is 9.72. The third-order valence-electron chi connectivity index (χ3n) is 6.88. The van der Waals surface area contributed by atoms with Crippen LogP contribution >= 0.6 is 23.1 Å². The molecule has 0 saturated heterocycles. The number of carbonyl (C=O) groups excluding carboxylic acids is 1. The monoisotopic (exact) mass is 528 g/mol. The number of carbonyl (C=O) groups is 1. The van der Waals surface area contributed by atoms with Crippen LogP contribution in [0, 0.1) is 18.3 Å². The van der Waals surface area contributed by atoms with Crippen molar-refractivity contribution in [3.8, 4) is 0 Å². The Morgan fingerprint density at radius 3 is 2.57 bits per heavy atom. The summed E-state index contributed by atoms with van der Waals surface area (Å²) in [4.78, 5) is 20.7. The molecular formula is C31H32N2O2S2. The van der Waals surface area contributed by atoms with Gasteiger partial charge >= 0.3 is 0 Å². The number of para-hydroxylation sites is 1. The summed E-state index contributed by atoms with van der Waals surface area (Å²) in [7, 11) is 0. The van der Waals surface area contributed by atoms with Crippen molar-refractivity contribution in [2.24, 2.45) is 16.3 Å². The predicted molar refractivity (Wildman–Crippen MR) is 155 cm³/mol. The molecule has 1 N–H and O–H groups in total. The van der Waals surface area contributed by atoms with Crippen LogP contribution in [0.5, 0.6) is 0 Å². The summed E-state index contributed by atoms with van der Waals surface area (Å²) in [6, 6.07) is 21.9. The molecule has 0 unspecified atom stereocenters. The lowest BCUT2D eigenvalue weighted by Gasteiger charge is -2.33. The quantitative estimate of drug-likeness (QED) is 0.254. The Balaban J connectivity index is 1.41. The summed E-state index contributed by atoms with van der Waals surface area (Å²) in [5, 5.41) is 4.64. The fourth-order valence-corrected chi connectivity index (χ4v) is 6.70. The van der Waals surface area contributed by atoms with E-state index in [1.165, 1.54) is 10.4 Å². The summed E-state index contributed by atoms with van der Waals surface area (Å²) in [5.74, 6) is 1.16. The van der Waals surface area contributed by atoms with Gasteiger partial charge in [0.2, 0.25) is 0 Å². The van der Waals surface area contributed by atoms with Crippen LogP contribution in [0.15, 0.2) is 86.1 Å². The maximum absolute atomic E-state index is 13.5. The minimum atomic E-state index is -0.0971. The van der Waals surface area contributed by atoms with Crippen LogP contribution in [0.2, 0.25) is 0 Å². The maximum Gasteiger partial charge on any atom is 0.259 e. The van der Waals surface area contributed by atoms with E-state index in [1.807, 2.05) is 42.5 Å². The van der Waals surface area contributed by atoms with E-state index in [0.29, 0.717) is 17.2 Å². The van der Waals surface area contributed by atoms with Crippen LogP contribution in [0.3, 0.4) is 0 Å². The molecule has 0 bridgehead atoms. The highest BCUT2D eigenvalue weighted by Gasteiger charge is 2.33. The van der Waals surface area contributed by atoms with Gasteiger partial charge in [0.05, 0.1) is 11.8 Å². The van der Waals surface area contributed by atoms with Gasteiger partial charge in [-0.05, 0) is 79.5 Å². The zero-order valence-electron chi connectivity index (χ0n) is 21.7. The molecule has 0 spiro atoms. The van der Waals surface area contributed by atoms with E-state index in [2.05, 4.69) is 57.3 Å². The number of furan rings is 1. The van der Waals surface area contributed by atoms with Crippen LogP contribution in [0.25, 0.3) is 0 Å². The van der Waals surface area contributed by atoms with Crippen molar-refractivity contribution in [2.75, 3.05) is 5.32 Å². The van der Waals surface area contributed by atoms with E-state index in [1.54, 1.807) is 29.3 Å². The first-order valence-corrected chi connectivity index (χ1v) is 14.3. The highest BCUT2D eigenvalue weighted by atomic mass is 32.2. The van der Waals surface area contributed by atoms with Gasteiger partial charge in [0.25, 0.3) is 5.91 Å². The number of nitrogens with zero attached hydrogens (tertiary/aromatic N) is 1. The SMILES string of the molecule is Cc1ccc(Sc2ccc(C=Nc3sc4c(c3C(=O)Nc3ccccc3)CC[C@H](C(C)(C)C)C4)o2)cc1. The average Bonchev–Trinajstić information content (AvgIpc) is 3.47. The highest BCUT2D eigenvalue weighted by molar-refractivity contribution is 7.99. The van der Waals surface area contributed by atoms with Gasteiger partial charge in [-0.15, -0.1) is 11.3 Å². The van der Waals surface area contributed by atoms with Crippen LogP contribution in [-0.2, 0) is 12.8 Å². The first kappa shape index (κ1) is 25.6. The molecule has 2 heterocycles. The zero-order chi connectivity index (χ0) is 26.0. The van der Waals surface area contributed by atoms with Crippen LogP contribution in [-0.4, -0.2) is 12.1 Å². The van der Waals surface area contributed by atoms with Gasteiger partial charge in [0.15, 0.2) is 5.09 Å². The molecule has 4 aromatic rings. The smallest absolute Gasteiger partial charge is 0.259 e. The van der Waals surface area contributed by atoms with Crippen molar-refractivity contribution in [3.05, 3.63) is 94.1 Å². The van der Waals surface area contributed by atoms with Crippen molar-refractivity contribution >= 4 is 45.9 Å². The Bertz CT molecular complexity index is 1410. The van der Waals surface area contributed by atoms with E-state index >= 15 is 0 Å². The highest BCUT2D eigenvalue weighted by Crippen LogP contribution is 2.45. The topological polar surface area (TPSA) is 54.6 Å². The third kappa shape index (κ3) is 6.08. The van der Waals surface area contributed by atoms with Crippen LogP contribution < -0.4 is 5.32 Å². The van der Waals surface area contributed by atoms with Crippen molar-refractivity contribution in [1.29, 1.82) is 0 Å². The molecule has 0 radical (unpaired) electrons. The Morgan fingerprint density at radius 1 is 1.08 bits per heavy atom. The Kier molecular flexibility index (Phi) is 7.40. The molecule has 5 rings (SSSR count). The number of benzene rings is 2. The second-order valence-electron chi connectivity index (χ2n) is 10.6. The summed E-state index contributed by atoms with van der Waals surface area (Å²) >= 11 is 3.23. The minimum Gasteiger partial charge on any atom is -0.449 e. The summed E-state index contributed by atoms with van der Waals surface area (Å²) in [5.41, 5.74) is 4.11. The molecule has 2 aromatic heterocycles.